The van der Waals surface area contributed by atoms with Crippen LogP contribution in [0.25, 0.3) is 0 Å². The summed E-state index contributed by atoms with van der Waals surface area (Å²) in [6.07, 6.45) is 3.44. The van der Waals surface area contributed by atoms with Crippen LogP contribution >= 0.6 is 0 Å². The van der Waals surface area contributed by atoms with Gasteiger partial charge in [0.25, 0.3) is 0 Å². The molecule has 0 aromatic heterocycles. The minimum atomic E-state index is -0.481. The van der Waals surface area contributed by atoms with E-state index in [1.807, 2.05) is 11.0 Å². The van der Waals surface area contributed by atoms with Crippen LogP contribution in [-0.2, 0) is 4.79 Å². The average Bonchev–Trinajstić information content (AvgIpc) is 2.27. The van der Waals surface area contributed by atoms with Gasteiger partial charge in [0.05, 0.1) is 6.07 Å². The number of carbonyl (C=O) groups is 1. The van der Waals surface area contributed by atoms with Crippen molar-refractivity contribution in [1.29, 1.82) is 5.26 Å². The number of likely N-dealkylation sites (tertiary alicyclic amines) is 1. The molecule has 1 aliphatic rings. The van der Waals surface area contributed by atoms with Gasteiger partial charge in [-0.2, -0.15) is 5.26 Å². The van der Waals surface area contributed by atoms with Crippen LogP contribution in [-0.4, -0.2) is 23.9 Å². The Morgan fingerprint density at radius 1 is 1.71 bits per heavy atom. The lowest BCUT2D eigenvalue weighted by Crippen LogP contribution is -2.42. The minimum absolute atomic E-state index is 0.00523. The normalized spacial score (nSPS) is 24.1. The third-order valence-corrected chi connectivity index (χ3v) is 2.97. The lowest BCUT2D eigenvalue weighted by molar-refractivity contribution is -0.135. The predicted molar refractivity (Wildman–Crippen MR) is 54.4 cm³/mol. The Morgan fingerprint density at radius 2 is 2.43 bits per heavy atom. The largest absolute Gasteiger partial charge is 0.341 e. The summed E-state index contributed by atoms with van der Waals surface area (Å²) in [5.74, 6) is 0.162. The van der Waals surface area contributed by atoms with Crippen LogP contribution in [0.1, 0.15) is 33.1 Å². The van der Waals surface area contributed by atoms with Gasteiger partial charge in [-0.1, -0.05) is 13.3 Å². The second-order valence-corrected chi connectivity index (χ2v) is 4.05. The second-order valence-electron chi connectivity index (χ2n) is 4.05. The number of nitriles is 1. The highest BCUT2D eigenvalue weighted by molar-refractivity contribution is 5.80. The van der Waals surface area contributed by atoms with E-state index < -0.39 is 5.92 Å². The van der Waals surface area contributed by atoms with Crippen LogP contribution < -0.4 is 0 Å². The molecule has 0 bridgehead atoms. The van der Waals surface area contributed by atoms with Crippen LogP contribution in [0.15, 0.2) is 0 Å². The molecule has 1 heterocycles. The molecule has 3 nitrogen and oxygen atoms in total. The van der Waals surface area contributed by atoms with Crippen molar-refractivity contribution in [2.24, 2.45) is 11.8 Å². The van der Waals surface area contributed by atoms with Crippen molar-refractivity contribution in [2.75, 3.05) is 13.1 Å². The van der Waals surface area contributed by atoms with E-state index in [2.05, 4.69) is 6.92 Å². The summed E-state index contributed by atoms with van der Waals surface area (Å²) in [6, 6.07) is 2.00. The molecule has 78 valence electrons. The highest BCUT2D eigenvalue weighted by atomic mass is 16.2. The number of piperidine rings is 1. The number of hydrogen-bond donors (Lipinski definition) is 0. The van der Waals surface area contributed by atoms with Crippen molar-refractivity contribution in [2.45, 2.75) is 33.1 Å². The SMILES string of the molecule is CCC1CCCN(C(=O)C(C)C#N)C1. The molecule has 1 fully saturated rings. The van der Waals surface area contributed by atoms with E-state index >= 15 is 0 Å². The van der Waals surface area contributed by atoms with Crippen molar-refractivity contribution in [3.63, 3.8) is 0 Å². The first kappa shape index (κ1) is 11.0. The molecular weight excluding hydrogens is 176 g/mol. The molecule has 0 N–H and O–H groups in total. The monoisotopic (exact) mass is 194 g/mol. The highest BCUT2D eigenvalue weighted by Crippen LogP contribution is 2.20. The Labute approximate surface area is 85.7 Å². The third kappa shape index (κ3) is 2.47. The first-order valence-electron chi connectivity index (χ1n) is 5.37. The molecule has 0 aliphatic carbocycles. The summed E-state index contributed by atoms with van der Waals surface area (Å²) in [4.78, 5) is 13.5. The summed E-state index contributed by atoms with van der Waals surface area (Å²) >= 11 is 0. The maximum atomic E-state index is 11.7. The van der Waals surface area contributed by atoms with E-state index in [1.54, 1.807) is 6.92 Å². The van der Waals surface area contributed by atoms with Crippen molar-refractivity contribution < 1.29 is 4.79 Å². The van der Waals surface area contributed by atoms with Crippen molar-refractivity contribution in [3.05, 3.63) is 0 Å². The summed E-state index contributed by atoms with van der Waals surface area (Å²) < 4.78 is 0. The predicted octanol–water partition coefficient (Wildman–Crippen LogP) is 1.79. The Morgan fingerprint density at radius 3 is 3.00 bits per heavy atom. The van der Waals surface area contributed by atoms with Gasteiger partial charge < -0.3 is 4.90 Å². The Hall–Kier alpha value is -1.04. The van der Waals surface area contributed by atoms with Gasteiger partial charge in [-0.25, -0.2) is 0 Å². The summed E-state index contributed by atoms with van der Waals surface area (Å²) in [5, 5.41) is 8.66. The molecule has 3 heteroatoms. The molecule has 0 saturated carbocycles. The molecule has 0 radical (unpaired) electrons. The van der Waals surface area contributed by atoms with Crippen molar-refractivity contribution >= 4 is 5.91 Å². The van der Waals surface area contributed by atoms with E-state index in [0.29, 0.717) is 5.92 Å². The molecular formula is C11H18N2O. The first-order valence-corrected chi connectivity index (χ1v) is 5.37. The zero-order chi connectivity index (χ0) is 10.6. The number of nitrogens with zero attached hydrogens (tertiary/aromatic N) is 2. The van der Waals surface area contributed by atoms with Crippen LogP contribution in [0, 0.1) is 23.2 Å². The van der Waals surface area contributed by atoms with E-state index in [-0.39, 0.29) is 5.91 Å². The zero-order valence-corrected chi connectivity index (χ0v) is 8.99. The summed E-state index contributed by atoms with van der Waals surface area (Å²) in [5.41, 5.74) is 0. The minimum Gasteiger partial charge on any atom is -0.341 e. The van der Waals surface area contributed by atoms with Gasteiger partial charge in [-0.15, -0.1) is 0 Å². The van der Waals surface area contributed by atoms with E-state index in [9.17, 15) is 4.79 Å². The second kappa shape index (κ2) is 4.99. The van der Waals surface area contributed by atoms with Gasteiger partial charge in [-0.05, 0) is 25.7 Å². The molecule has 1 rings (SSSR count). The zero-order valence-electron chi connectivity index (χ0n) is 8.99. The number of hydrogen-bond acceptors (Lipinski definition) is 2. The fourth-order valence-electron chi connectivity index (χ4n) is 1.93. The van der Waals surface area contributed by atoms with E-state index in [4.69, 9.17) is 5.26 Å². The van der Waals surface area contributed by atoms with Crippen molar-refractivity contribution in [1.82, 2.24) is 4.90 Å². The lowest BCUT2D eigenvalue weighted by Gasteiger charge is -2.32. The first-order chi connectivity index (χ1) is 6.69. The third-order valence-electron chi connectivity index (χ3n) is 2.97. The summed E-state index contributed by atoms with van der Waals surface area (Å²) in [6.45, 7) is 5.52. The molecule has 0 aromatic carbocycles. The average molecular weight is 194 g/mol. The van der Waals surface area contributed by atoms with Gasteiger partial charge in [0, 0.05) is 13.1 Å². The van der Waals surface area contributed by atoms with E-state index in [0.717, 1.165) is 25.9 Å². The van der Waals surface area contributed by atoms with E-state index in [1.165, 1.54) is 6.42 Å². The van der Waals surface area contributed by atoms with Crippen LogP contribution in [0.3, 0.4) is 0 Å². The maximum absolute atomic E-state index is 11.7. The van der Waals surface area contributed by atoms with Crippen LogP contribution in [0.4, 0.5) is 0 Å². The fraction of sp³-hybridized carbons (Fsp3) is 0.818. The topological polar surface area (TPSA) is 44.1 Å². The molecule has 1 saturated heterocycles. The fourth-order valence-corrected chi connectivity index (χ4v) is 1.93. The highest BCUT2D eigenvalue weighted by Gasteiger charge is 2.25. The van der Waals surface area contributed by atoms with Crippen molar-refractivity contribution in [3.8, 4) is 6.07 Å². The van der Waals surface area contributed by atoms with Crippen LogP contribution in [0.2, 0.25) is 0 Å². The Bertz CT molecular complexity index is 244. The standard InChI is InChI=1S/C11H18N2O/c1-3-10-5-4-6-13(8-10)11(14)9(2)7-12/h9-10H,3-6,8H2,1-2H3. The molecule has 2 unspecified atom stereocenters. The quantitative estimate of drug-likeness (QED) is 0.672. The molecule has 0 spiro atoms. The number of carbonyl (C=O) groups excluding carboxylic acids is 1. The van der Waals surface area contributed by atoms with Gasteiger partial charge in [-0.3, -0.25) is 4.79 Å². The number of amides is 1. The van der Waals surface area contributed by atoms with Gasteiger partial charge in [0.15, 0.2) is 0 Å². The Balaban J connectivity index is 2.52. The summed E-state index contributed by atoms with van der Waals surface area (Å²) in [7, 11) is 0. The molecule has 2 atom stereocenters. The van der Waals surface area contributed by atoms with Gasteiger partial charge >= 0.3 is 0 Å². The van der Waals surface area contributed by atoms with Crippen LogP contribution in [0.5, 0.6) is 0 Å². The number of rotatable bonds is 2. The van der Waals surface area contributed by atoms with Gasteiger partial charge in [0.1, 0.15) is 5.92 Å². The lowest BCUT2D eigenvalue weighted by atomic mass is 9.95. The van der Waals surface area contributed by atoms with Gasteiger partial charge in [0.2, 0.25) is 5.91 Å². The smallest absolute Gasteiger partial charge is 0.239 e. The molecule has 0 aromatic rings. The molecule has 1 amide bonds. The maximum Gasteiger partial charge on any atom is 0.239 e. The molecule has 1 aliphatic heterocycles. The molecule has 14 heavy (non-hydrogen) atoms. The Kier molecular flexibility index (Phi) is 3.94.